The maximum absolute atomic E-state index is 6.30. The summed E-state index contributed by atoms with van der Waals surface area (Å²) < 4.78 is 7.43. The molecular formula is C13H22ClN3O. The average Bonchev–Trinajstić information content (AvgIpc) is 2.58. The number of rotatable bonds is 6. The smallest absolute Gasteiger partial charge is 0.0863 e. The second-order valence-electron chi connectivity index (χ2n) is 4.81. The molecule has 0 bridgehead atoms. The fourth-order valence-corrected chi connectivity index (χ4v) is 2.72. The van der Waals surface area contributed by atoms with Gasteiger partial charge in [-0.05, 0) is 26.2 Å². The highest BCUT2D eigenvalue weighted by Crippen LogP contribution is 2.25. The van der Waals surface area contributed by atoms with Crippen LogP contribution in [0.15, 0.2) is 0 Å². The molecule has 1 aliphatic rings. The van der Waals surface area contributed by atoms with Gasteiger partial charge in [-0.15, -0.1) is 0 Å². The summed E-state index contributed by atoms with van der Waals surface area (Å²) >= 11 is 6.30. The maximum atomic E-state index is 6.30. The molecule has 1 heterocycles. The largest absolute Gasteiger partial charge is 0.378 e. The quantitative estimate of drug-likeness (QED) is 0.863. The number of ether oxygens (including phenoxy) is 1. The van der Waals surface area contributed by atoms with Crippen LogP contribution in [0.2, 0.25) is 5.02 Å². The van der Waals surface area contributed by atoms with Crippen LogP contribution in [0.3, 0.4) is 0 Å². The fraction of sp³-hybridized carbons (Fsp3) is 0.769. The number of halogens is 1. The minimum Gasteiger partial charge on any atom is -0.378 e. The molecule has 0 radical (unpaired) electrons. The number of hydrogen-bond acceptors (Lipinski definition) is 3. The maximum Gasteiger partial charge on any atom is 0.0863 e. The first-order valence-electron chi connectivity index (χ1n) is 6.70. The van der Waals surface area contributed by atoms with Crippen molar-refractivity contribution in [1.29, 1.82) is 0 Å². The van der Waals surface area contributed by atoms with Gasteiger partial charge in [-0.1, -0.05) is 18.5 Å². The number of nitrogens with zero attached hydrogens (tertiary/aromatic N) is 2. The normalized spacial score (nSPS) is 23.1. The lowest BCUT2D eigenvalue weighted by Gasteiger charge is -2.35. The Hall–Kier alpha value is -0.580. The molecule has 1 aromatic heterocycles. The Balaban J connectivity index is 1.83. The van der Waals surface area contributed by atoms with Gasteiger partial charge in [0.2, 0.25) is 0 Å². The summed E-state index contributed by atoms with van der Waals surface area (Å²) in [5, 5.41) is 8.75. The predicted octanol–water partition coefficient (Wildman–Crippen LogP) is 2.29. The number of nitrogens with one attached hydrogen (secondary N) is 1. The van der Waals surface area contributed by atoms with E-state index in [1.54, 1.807) is 0 Å². The minimum absolute atomic E-state index is 0.445. The van der Waals surface area contributed by atoms with Crippen molar-refractivity contribution in [1.82, 2.24) is 15.1 Å². The molecule has 2 rings (SSSR count). The standard InChI is InChI=1S/C13H22ClN3O/c1-4-11-13(14)12(17(3)16-11)8-15-9-6-10(7-9)18-5-2/h9-10,15H,4-8H2,1-3H3. The van der Waals surface area contributed by atoms with Crippen LogP contribution < -0.4 is 5.32 Å². The first-order chi connectivity index (χ1) is 8.65. The van der Waals surface area contributed by atoms with Crippen LogP contribution in [-0.2, 0) is 24.8 Å². The van der Waals surface area contributed by atoms with E-state index in [9.17, 15) is 0 Å². The molecule has 0 spiro atoms. The summed E-state index contributed by atoms with van der Waals surface area (Å²) in [5.74, 6) is 0. The monoisotopic (exact) mass is 271 g/mol. The number of hydrogen-bond donors (Lipinski definition) is 1. The van der Waals surface area contributed by atoms with Crippen LogP contribution in [0.4, 0.5) is 0 Å². The van der Waals surface area contributed by atoms with Crippen LogP contribution in [0.1, 0.15) is 38.1 Å². The highest BCUT2D eigenvalue weighted by molar-refractivity contribution is 6.31. The molecule has 0 aliphatic heterocycles. The van der Waals surface area contributed by atoms with Crippen LogP contribution in [0.5, 0.6) is 0 Å². The zero-order valence-corrected chi connectivity index (χ0v) is 12.1. The molecule has 1 aromatic rings. The molecule has 1 aliphatic carbocycles. The van der Waals surface area contributed by atoms with Crippen LogP contribution in [0.25, 0.3) is 0 Å². The van der Waals surface area contributed by atoms with Crippen LogP contribution in [0, 0.1) is 0 Å². The molecule has 1 fully saturated rings. The van der Waals surface area contributed by atoms with E-state index in [0.717, 1.165) is 48.8 Å². The minimum atomic E-state index is 0.445. The van der Waals surface area contributed by atoms with Gasteiger partial charge in [-0.2, -0.15) is 5.10 Å². The van der Waals surface area contributed by atoms with Gasteiger partial charge in [0.25, 0.3) is 0 Å². The Morgan fingerprint density at radius 1 is 1.44 bits per heavy atom. The van der Waals surface area contributed by atoms with E-state index in [2.05, 4.69) is 17.3 Å². The van der Waals surface area contributed by atoms with Crippen molar-refractivity contribution < 1.29 is 4.74 Å². The average molecular weight is 272 g/mol. The lowest BCUT2D eigenvalue weighted by Crippen LogP contribution is -2.45. The van der Waals surface area contributed by atoms with E-state index in [0.29, 0.717) is 12.1 Å². The highest BCUT2D eigenvalue weighted by atomic mass is 35.5. The Morgan fingerprint density at radius 3 is 2.72 bits per heavy atom. The van der Waals surface area contributed by atoms with E-state index in [1.807, 2.05) is 18.7 Å². The molecule has 0 amide bonds. The molecular weight excluding hydrogens is 250 g/mol. The third kappa shape index (κ3) is 2.87. The van der Waals surface area contributed by atoms with Gasteiger partial charge in [0.05, 0.1) is 22.5 Å². The molecule has 4 nitrogen and oxygen atoms in total. The zero-order valence-electron chi connectivity index (χ0n) is 11.4. The predicted molar refractivity (Wildman–Crippen MR) is 72.9 cm³/mol. The molecule has 1 saturated carbocycles. The molecule has 0 unspecified atom stereocenters. The lowest BCUT2D eigenvalue weighted by molar-refractivity contribution is -0.0103. The summed E-state index contributed by atoms with van der Waals surface area (Å²) in [5.41, 5.74) is 2.06. The van der Waals surface area contributed by atoms with Crippen LogP contribution in [-0.4, -0.2) is 28.5 Å². The van der Waals surface area contributed by atoms with Gasteiger partial charge in [-0.3, -0.25) is 4.68 Å². The summed E-state index contributed by atoms with van der Waals surface area (Å²) in [7, 11) is 1.95. The molecule has 1 N–H and O–H groups in total. The first-order valence-corrected chi connectivity index (χ1v) is 7.08. The van der Waals surface area contributed by atoms with Crippen LogP contribution >= 0.6 is 11.6 Å². The highest BCUT2D eigenvalue weighted by Gasteiger charge is 2.29. The van der Waals surface area contributed by atoms with Crippen molar-refractivity contribution >= 4 is 11.6 Å². The van der Waals surface area contributed by atoms with Crippen molar-refractivity contribution in [2.24, 2.45) is 7.05 Å². The van der Waals surface area contributed by atoms with Crippen molar-refractivity contribution in [2.75, 3.05) is 6.61 Å². The Morgan fingerprint density at radius 2 is 2.17 bits per heavy atom. The van der Waals surface area contributed by atoms with Gasteiger partial charge in [0.15, 0.2) is 0 Å². The molecule has 102 valence electrons. The molecule has 0 atom stereocenters. The van der Waals surface area contributed by atoms with Gasteiger partial charge in [0, 0.05) is 26.2 Å². The molecule has 0 aromatic carbocycles. The van der Waals surface area contributed by atoms with E-state index in [-0.39, 0.29) is 0 Å². The van der Waals surface area contributed by atoms with E-state index in [4.69, 9.17) is 16.3 Å². The number of aromatic nitrogens is 2. The van der Waals surface area contributed by atoms with Crippen molar-refractivity contribution in [2.45, 2.75) is 51.8 Å². The van der Waals surface area contributed by atoms with E-state index >= 15 is 0 Å². The van der Waals surface area contributed by atoms with Crippen molar-refractivity contribution in [3.63, 3.8) is 0 Å². The fourth-order valence-electron chi connectivity index (χ4n) is 2.36. The molecule has 5 heteroatoms. The second kappa shape index (κ2) is 6.04. The SMILES string of the molecule is CCOC1CC(NCc2c(Cl)c(CC)nn2C)C1. The third-order valence-electron chi connectivity index (χ3n) is 3.56. The Bertz CT molecular complexity index is 399. The molecule has 18 heavy (non-hydrogen) atoms. The van der Waals surface area contributed by atoms with Gasteiger partial charge >= 0.3 is 0 Å². The van der Waals surface area contributed by atoms with Crippen molar-refractivity contribution in [3.8, 4) is 0 Å². The van der Waals surface area contributed by atoms with Gasteiger partial charge in [-0.25, -0.2) is 0 Å². The van der Waals surface area contributed by atoms with Gasteiger partial charge in [0.1, 0.15) is 0 Å². The Kier molecular flexibility index (Phi) is 4.65. The summed E-state index contributed by atoms with van der Waals surface area (Å²) in [6.07, 6.45) is 3.52. The molecule has 0 saturated heterocycles. The zero-order chi connectivity index (χ0) is 13.1. The second-order valence-corrected chi connectivity index (χ2v) is 5.19. The van der Waals surface area contributed by atoms with Gasteiger partial charge < -0.3 is 10.1 Å². The Labute approximate surface area is 114 Å². The summed E-state index contributed by atoms with van der Waals surface area (Å²) in [6.45, 7) is 5.71. The van der Waals surface area contributed by atoms with Crippen molar-refractivity contribution in [3.05, 3.63) is 16.4 Å². The summed E-state index contributed by atoms with van der Waals surface area (Å²) in [6, 6.07) is 0.553. The van der Waals surface area contributed by atoms with E-state index < -0.39 is 0 Å². The third-order valence-corrected chi connectivity index (χ3v) is 3.99. The first kappa shape index (κ1) is 13.8. The topological polar surface area (TPSA) is 39.1 Å². The summed E-state index contributed by atoms with van der Waals surface area (Å²) in [4.78, 5) is 0. The lowest BCUT2D eigenvalue weighted by atomic mass is 9.89. The number of aryl methyl sites for hydroxylation is 2. The van der Waals surface area contributed by atoms with E-state index in [1.165, 1.54) is 0 Å².